The van der Waals surface area contributed by atoms with Gasteiger partial charge in [0.15, 0.2) is 11.5 Å². The number of nitrogens with zero attached hydrogens (tertiary/aromatic N) is 5. The maximum absolute atomic E-state index is 5.71. The second-order valence-corrected chi connectivity index (χ2v) is 6.08. The summed E-state index contributed by atoms with van der Waals surface area (Å²) in [6.45, 7) is 3.38. The molecule has 134 valence electrons. The molecule has 0 bridgehead atoms. The lowest BCUT2D eigenvalue weighted by Crippen LogP contribution is -2.47. The number of fused-ring (bicyclic) bond motifs is 1. The molecule has 4 rings (SSSR count). The van der Waals surface area contributed by atoms with Crippen molar-refractivity contribution >= 4 is 22.4 Å². The van der Waals surface area contributed by atoms with Crippen LogP contribution in [-0.2, 0) is 0 Å². The van der Waals surface area contributed by atoms with Gasteiger partial charge in [-0.05, 0) is 18.2 Å². The fraction of sp³-hybridized carbons (Fsp3) is 0.316. The smallest absolute Gasteiger partial charge is 0.225 e. The fourth-order valence-electron chi connectivity index (χ4n) is 3.43. The molecule has 1 aliphatic rings. The van der Waals surface area contributed by atoms with E-state index in [0.29, 0.717) is 0 Å². The summed E-state index contributed by atoms with van der Waals surface area (Å²) in [6.07, 6.45) is 7.22. The zero-order valence-electron chi connectivity index (χ0n) is 14.9. The van der Waals surface area contributed by atoms with Gasteiger partial charge < -0.3 is 19.3 Å². The minimum absolute atomic E-state index is 0.719. The summed E-state index contributed by atoms with van der Waals surface area (Å²) in [5.41, 5.74) is 1.05. The standard InChI is InChI=1S/C19H21N5O2/c1-25-16-12-14-13-20-7-4-15(14)17(18(16)26-2)23-8-10-24(11-9-23)19-21-5-3-6-22-19/h3-7,12-13H,8-11H2,1-2H3. The van der Waals surface area contributed by atoms with Crippen LogP contribution in [0.1, 0.15) is 0 Å². The van der Waals surface area contributed by atoms with Crippen molar-refractivity contribution in [3.63, 3.8) is 0 Å². The van der Waals surface area contributed by atoms with E-state index in [1.807, 2.05) is 30.6 Å². The van der Waals surface area contributed by atoms with Crippen molar-refractivity contribution < 1.29 is 9.47 Å². The molecule has 0 saturated carbocycles. The first-order valence-corrected chi connectivity index (χ1v) is 8.57. The predicted octanol–water partition coefficient (Wildman–Crippen LogP) is 2.37. The molecule has 1 fully saturated rings. The molecule has 2 aromatic heterocycles. The molecule has 7 nitrogen and oxygen atoms in total. The highest BCUT2D eigenvalue weighted by molar-refractivity contribution is 5.99. The Hall–Kier alpha value is -3.09. The Morgan fingerprint density at radius 1 is 0.923 bits per heavy atom. The van der Waals surface area contributed by atoms with E-state index in [0.717, 1.165) is 60.1 Å². The van der Waals surface area contributed by atoms with Gasteiger partial charge in [-0.25, -0.2) is 9.97 Å². The number of rotatable bonds is 4. The first kappa shape index (κ1) is 16.4. The first-order chi connectivity index (χ1) is 12.8. The number of hydrogen-bond donors (Lipinski definition) is 0. The number of aromatic nitrogens is 3. The summed E-state index contributed by atoms with van der Waals surface area (Å²) < 4.78 is 11.3. The largest absolute Gasteiger partial charge is 0.493 e. The second kappa shape index (κ2) is 7.03. The third-order valence-corrected chi connectivity index (χ3v) is 4.69. The zero-order valence-corrected chi connectivity index (χ0v) is 14.9. The van der Waals surface area contributed by atoms with Crippen LogP contribution < -0.4 is 19.3 Å². The summed E-state index contributed by atoms with van der Waals surface area (Å²) in [6, 6.07) is 5.83. The van der Waals surface area contributed by atoms with Crippen LogP contribution >= 0.6 is 0 Å². The monoisotopic (exact) mass is 351 g/mol. The summed E-state index contributed by atoms with van der Waals surface area (Å²) in [5.74, 6) is 2.26. The minimum Gasteiger partial charge on any atom is -0.493 e. The highest BCUT2D eigenvalue weighted by Crippen LogP contribution is 2.43. The van der Waals surface area contributed by atoms with Gasteiger partial charge in [0.1, 0.15) is 0 Å². The van der Waals surface area contributed by atoms with Gasteiger partial charge in [-0.2, -0.15) is 0 Å². The second-order valence-electron chi connectivity index (χ2n) is 6.08. The molecule has 0 amide bonds. The number of anilines is 2. The number of piperazine rings is 1. The van der Waals surface area contributed by atoms with Crippen LogP contribution in [0.15, 0.2) is 43.0 Å². The first-order valence-electron chi connectivity index (χ1n) is 8.57. The molecule has 7 heteroatoms. The number of benzene rings is 1. The molecular formula is C19H21N5O2. The Morgan fingerprint density at radius 3 is 2.35 bits per heavy atom. The topological polar surface area (TPSA) is 63.6 Å². The molecular weight excluding hydrogens is 330 g/mol. The Morgan fingerprint density at radius 2 is 1.65 bits per heavy atom. The van der Waals surface area contributed by atoms with Crippen molar-refractivity contribution in [1.29, 1.82) is 0 Å². The lowest BCUT2D eigenvalue weighted by atomic mass is 10.1. The molecule has 0 aliphatic carbocycles. The normalized spacial score (nSPS) is 14.5. The molecule has 0 radical (unpaired) electrons. The maximum Gasteiger partial charge on any atom is 0.225 e. The van der Waals surface area contributed by atoms with Crippen LogP contribution in [0.4, 0.5) is 11.6 Å². The highest BCUT2D eigenvalue weighted by atomic mass is 16.5. The SMILES string of the molecule is COc1cc2cnccc2c(N2CCN(c3ncccn3)CC2)c1OC. The number of methoxy groups -OCH3 is 2. The quantitative estimate of drug-likeness (QED) is 0.715. The van der Waals surface area contributed by atoms with E-state index in [9.17, 15) is 0 Å². The maximum atomic E-state index is 5.71. The Balaban J connectivity index is 1.69. The summed E-state index contributed by atoms with van der Waals surface area (Å²) in [5, 5.41) is 2.15. The Bertz CT molecular complexity index is 895. The van der Waals surface area contributed by atoms with E-state index in [1.165, 1.54) is 0 Å². The number of hydrogen-bond acceptors (Lipinski definition) is 7. The van der Waals surface area contributed by atoms with Crippen molar-refractivity contribution in [2.75, 3.05) is 50.2 Å². The number of ether oxygens (including phenoxy) is 2. The van der Waals surface area contributed by atoms with Crippen molar-refractivity contribution in [2.45, 2.75) is 0 Å². The third-order valence-electron chi connectivity index (χ3n) is 4.69. The van der Waals surface area contributed by atoms with E-state index in [1.54, 1.807) is 26.6 Å². The summed E-state index contributed by atoms with van der Waals surface area (Å²) in [7, 11) is 3.34. The predicted molar refractivity (Wildman–Crippen MR) is 101 cm³/mol. The van der Waals surface area contributed by atoms with Crippen molar-refractivity contribution in [3.05, 3.63) is 43.0 Å². The van der Waals surface area contributed by atoms with Crippen LogP contribution in [0.5, 0.6) is 11.5 Å². The Kier molecular flexibility index (Phi) is 4.43. The Labute approximate surface area is 152 Å². The molecule has 3 aromatic rings. The molecule has 1 saturated heterocycles. The van der Waals surface area contributed by atoms with Crippen molar-refractivity contribution in [3.8, 4) is 11.5 Å². The van der Waals surface area contributed by atoms with E-state index in [2.05, 4.69) is 24.8 Å². The molecule has 1 aliphatic heterocycles. The van der Waals surface area contributed by atoms with Crippen molar-refractivity contribution in [2.24, 2.45) is 0 Å². The van der Waals surface area contributed by atoms with Crippen molar-refractivity contribution in [1.82, 2.24) is 15.0 Å². The van der Waals surface area contributed by atoms with E-state index in [-0.39, 0.29) is 0 Å². The van der Waals surface area contributed by atoms with E-state index >= 15 is 0 Å². The van der Waals surface area contributed by atoms with Crippen LogP contribution in [0.25, 0.3) is 10.8 Å². The average Bonchev–Trinajstić information content (AvgIpc) is 2.73. The molecule has 26 heavy (non-hydrogen) atoms. The molecule has 3 heterocycles. The van der Waals surface area contributed by atoms with Crippen LogP contribution in [-0.4, -0.2) is 55.4 Å². The number of pyridine rings is 1. The lowest BCUT2D eigenvalue weighted by Gasteiger charge is -2.37. The molecule has 1 aromatic carbocycles. The highest BCUT2D eigenvalue weighted by Gasteiger charge is 2.25. The minimum atomic E-state index is 0.719. The van der Waals surface area contributed by atoms with Gasteiger partial charge in [-0.3, -0.25) is 4.98 Å². The van der Waals surface area contributed by atoms with Crippen LogP contribution in [0.3, 0.4) is 0 Å². The fourth-order valence-corrected chi connectivity index (χ4v) is 3.43. The molecule has 0 N–H and O–H groups in total. The molecule has 0 unspecified atom stereocenters. The van der Waals surface area contributed by atoms with E-state index in [4.69, 9.17) is 9.47 Å². The van der Waals surface area contributed by atoms with Gasteiger partial charge in [0.25, 0.3) is 0 Å². The van der Waals surface area contributed by atoms with E-state index < -0.39 is 0 Å². The van der Waals surface area contributed by atoms with Crippen LogP contribution in [0.2, 0.25) is 0 Å². The lowest BCUT2D eigenvalue weighted by molar-refractivity contribution is 0.355. The van der Waals surface area contributed by atoms with Gasteiger partial charge in [0.2, 0.25) is 5.95 Å². The third kappa shape index (κ3) is 2.85. The van der Waals surface area contributed by atoms with Crippen LogP contribution in [0, 0.1) is 0 Å². The summed E-state index contributed by atoms with van der Waals surface area (Å²) >= 11 is 0. The van der Waals surface area contributed by atoms with Gasteiger partial charge in [-0.1, -0.05) is 0 Å². The molecule has 0 spiro atoms. The van der Waals surface area contributed by atoms with Gasteiger partial charge in [-0.15, -0.1) is 0 Å². The van der Waals surface area contributed by atoms with Gasteiger partial charge in [0, 0.05) is 61.7 Å². The molecule has 0 atom stereocenters. The zero-order chi connectivity index (χ0) is 17.9. The summed E-state index contributed by atoms with van der Waals surface area (Å²) in [4.78, 5) is 17.5. The van der Waals surface area contributed by atoms with Gasteiger partial charge in [0.05, 0.1) is 19.9 Å². The van der Waals surface area contributed by atoms with Gasteiger partial charge >= 0.3 is 0 Å². The average molecular weight is 351 g/mol.